The predicted molar refractivity (Wildman–Crippen MR) is 91.0 cm³/mol. The maximum absolute atomic E-state index is 12.3. The Morgan fingerprint density at radius 3 is 2.33 bits per heavy atom. The highest BCUT2D eigenvalue weighted by Crippen LogP contribution is 2.24. The molecular weight excluding hydrogens is 306 g/mol. The molecule has 5 heteroatoms. The summed E-state index contributed by atoms with van der Waals surface area (Å²) in [5.41, 5.74) is 0.655. The highest BCUT2D eigenvalue weighted by molar-refractivity contribution is 7.91. The summed E-state index contributed by atoms with van der Waals surface area (Å²) in [6, 6.07) is 7.06. The molecule has 1 N–H and O–H groups in total. The van der Waals surface area contributed by atoms with E-state index in [1.165, 1.54) is 0 Å². The standard InChI is InChI=1S/C16H26ClNO2S/c1-4-11-21(19,20)16-10-8-7-9-15(16)18-12-14(17)13(5-2)6-3/h7-10,13-14,18H,4-6,11-12H2,1-3H3. The van der Waals surface area contributed by atoms with Crippen LogP contribution >= 0.6 is 11.6 Å². The molecule has 21 heavy (non-hydrogen) atoms. The van der Waals surface area contributed by atoms with Crippen LogP contribution in [-0.2, 0) is 9.84 Å². The fourth-order valence-electron chi connectivity index (χ4n) is 2.44. The second-order valence-corrected chi connectivity index (χ2v) is 7.93. The third kappa shape index (κ3) is 5.19. The molecule has 0 fully saturated rings. The Bertz CT molecular complexity index is 527. The highest BCUT2D eigenvalue weighted by atomic mass is 35.5. The summed E-state index contributed by atoms with van der Waals surface area (Å²) in [6.07, 6.45) is 2.67. The Morgan fingerprint density at radius 2 is 1.76 bits per heavy atom. The molecule has 1 aromatic carbocycles. The summed E-state index contributed by atoms with van der Waals surface area (Å²) >= 11 is 6.41. The van der Waals surface area contributed by atoms with Crippen molar-refractivity contribution in [1.29, 1.82) is 0 Å². The highest BCUT2D eigenvalue weighted by Gasteiger charge is 2.19. The van der Waals surface area contributed by atoms with E-state index < -0.39 is 9.84 Å². The molecule has 0 bridgehead atoms. The number of hydrogen-bond acceptors (Lipinski definition) is 3. The van der Waals surface area contributed by atoms with Gasteiger partial charge in [0.05, 0.1) is 21.7 Å². The van der Waals surface area contributed by atoms with Crippen molar-refractivity contribution >= 4 is 27.1 Å². The molecule has 3 nitrogen and oxygen atoms in total. The molecule has 1 rings (SSSR count). The van der Waals surface area contributed by atoms with Crippen LogP contribution in [-0.4, -0.2) is 26.1 Å². The molecule has 0 aromatic heterocycles. The molecule has 0 saturated carbocycles. The Balaban J connectivity index is 2.86. The van der Waals surface area contributed by atoms with E-state index in [1.54, 1.807) is 18.2 Å². The summed E-state index contributed by atoms with van der Waals surface area (Å²) in [4.78, 5) is 0.375. The number of sulfone groups is 1. The summed E-state index contributed by atoms with van der Waals surface area (Å²) < 4.78 is 24.5. The third-order valence-electron chi connectivity index (χ3n) is 3.74. The lowest BCUT2D eigenvalue weighted by atomic mass is 9.99. The normalized spacial score (nSPS) is 13.4. The number of alkyl halides is 1. The van der Waals surface area contributed by atoms with Gasteiger partial charge in [0.2, 0.25) is 0 Å². The van der Waals surface area contributed by atoms with Gasteiger partial charge in [-0.15, -0.1) is 11.6 Å². The molecule has 0 spiro atoms. The van der Waals surface area contributed by atoms with E-state index in [0.29, 0.717) is 29.5 Å². The van der Waals surface area contributed by atoms with Crippen molar-refractivity contribution in [3.8, 4) is 0 Å². The second kappa shape index (κ2) is 8.64. The van der Waals surface area contributed by atoms with E-state index in [9.17, 15) is 8.42 Å². The Labute approximate surface area is 134 Å². The minimum atomic E-state index is -3.23. The van der Waals surface area contributed by atoms with Gasteiger partial charge in [-0.25, -0.2) is 8.42 Å². The van der Waals surface area contributed by atoms with Crippen molar-refractivity contribution in [2.75, 3.05) is 17.6 Å². The predicted octanol–water partition coefficient (Wildman–Crippen LogP) is 4.33. The first kappa shape index (κ1) is 18.3. The van der Waals surface area contributed by atoms with Gasteiger partial charge >= 0.3 is 0 Å². The van der Waals surface area contributed by atoms with E-state index in [-0.39, 0.29) is 11.1 Å². The first-order chi connectivity index (χ1) is 9.96. The first-order valence-electron chi connectivity index (χ1n) is 7.65. The zero-order chi connectivity index (χ0) is 15.9. The molecule has 0 amide bonds. The number of hydrogen-bond donors (Lipinski definition) is 1. The van der Waals surface area contributed by atoms with E-state index in [0.717, 1.165) is 12.8 Å². The fraction of sp³-hybridized carbons (Fsp3) is 0.625. The molecule has 1 aromatic rings. The monoisotopic (exact) mass is 331 g/mol. The van der Waals surface area contributed by atoms with E-state index >= 15 is 0 Å². The maximum atomic E-state index is 12.3. The molecule has 1 unspecified atom stereocenters. The summed E-state index contributed by atoms with van der Waals surface area (Å²) in [5.74, 6) is 0.612. The van der Waals surface area contributed by atoms with Crippen LogP contribution in [0.5, 0.6) is 0 Å². The van der Waals surface area contributed by atoms with Crippen LogP contribution in [0, 0.1) is 5.92 Å². The Hall–Kier alpha value is -0.740. The van der Waals surface area contributed by atoms with Crippen molar-refractivity contribution in [3.05, 3.63) is 24.3 Å². The quantitative estimate of drug-likeness (QED) is 0.685. The van der Waals surface area contributed by atoms with Gasteiger partial charge in [0.15, 0.2) is 9.84 Å². The third-order valence-corrected chi connectivity index (χ3v) is 6.23. The second-order valence-electron chi connectivity index (χ2n) is 5.29. The average Bonchev–Trinajstić information content (AvgIpc) is 2.46. The lowest BCUT2D eigenvalue weighted by Crippen LogP contribution is -2.23. The molecule has 0 aliphatic heterocycles. The minimum absolute atomic E-state index is 0.00179. The van der Waals surface area contributed by atoms with Crippen molar-refractivity contribution < 1.29 is 8.42 Å². The smallest absolute Gasteiger partial charge is 0.180 e. The number of halogens is 1. The summed E-state index contributed by atoms with van der Waals surface area (Å²) in [6.45, 7) is 6.70. The number of benzene rings is 1. The van der Waals surface area contributed by atoms with Gasteiger partial charge < -0.3 is 5.32 Å². The zero-order valence-electron chi connectivity index (χ0n) is 13.1. The maximum Gasteiger partial charge on any atom is 0.180 e. The molecule has 0 heterocycles. The van der Waals surface area contributed by atoms with Crippen LogP contribution in [0.3, 0.4) is 0 Å². The number of para-hydroxylation sites is 1. The van der Waals surface area contributed by atoms with Crippen LogP contribution in [0.25, 0.3) is 0 Å². The number of nitrogens with one attached hydrogen (secondary N) is 1. The molecule has 0 aliphatic carbocycles. The molecule has 0 radical (unpaired) electrons. The van der Waals surface area contributed by atoms with Crippen LogP contribution < -0.4 is 5.32 Å². The van der Waals surface area contributed by atoms with Gasteiger partial charge in [-0.05, 0) is 24.5 Å². The van der Waals surface area contributed by atoms with E-state index in [4.69, 9.17) is 11.6 Å². The Kier molecular flexibility index (Phi) is 7.53. The van der Waals surface area contributed by atoms with Gasteiger partial charge in [-0.1, -0.05) is 45.7 Å². The summed E-state index contributed by atoms with van der Waals surface area (Å²) in [7, 11) is -3.23. The van der Waals surface area contributed by atoms with Gasteiger partial charge in [0.25, 0.3) is 0 Å². The largest absolute Gasteiger partial charge is 0.382 e. The van der Waals surface area contributed by atoms with Crippen molar-refractivity contribution in [2.24, 2.45) is 5.92 Å². The summed E-state index contributed by atoms with van der Waals surface area (Å²) in [5, 5.41) is 3.22. The fourth-order valence-corrected chi connectivity index (χ4v) is 4.39. The number of rotatable bonds is 9. The molecule has 0 aliphatic rings. The van der Waals surface area contributed by atoms with E-state index in [2.05, 4.69) is 19.2 Å². The Morgan fingerprint density at radius 1 is 1.14 bits per heavy atom. The van der Waals surface area contributed by atoms with Crippen molar-refractivity contribution in [2.45, 2.75) is 50.3 Å². The van der Waals surface area contributed by atoms with Crippen LogP contribution in [0.1, 0.15) is 40.0 Å². The number of anilines is 1. The molecular formula is C16H26ClNO2S. The van der Waals surface area contributed by atoms with Gasteiger partial charge in [-0.3, -0.25) is 0 Å². The van der Waals surface area contributed by atoms with Gasteiger partial charge in [0, 0.05) is 6.54 Å². The lowest BCUT2D eigenvalue weighted by molar-refractivity contribution is 0.475. The molecule has 1 atom stereocenters. The topological polar surface area (TPSA) is 46.2 Å². The van der Waals surface area contributed by atoms with Gasteiger partial charge in [0.1, 0.15) is 0 Å². The minimum Gasteiger partial charge on any atom is -0.382 e. The average molecular weight is 332 g/mol. The van der Waals surface area contributed by atoms with Crippen LogP contribution in [0.2, 0.25) is 0 Å². The first-order valence-corrected chi connectivity index (χ1v) is 9.74. The zero-order valence-corrected chi connectivity index (χ0v) is 14.7. The van der Waals surface area contributed by atoms with E-state index in [1.807, 2.05) is 13.0 Å². The lowest BCUT2D eigenvalue weighted by Gasteiger charge is -2.21. The van der Waals surface area contributed by atoms with Crippen molar-refractivity contribution in [1.82, 2.24) is 0 Å². The van der Waals surface area contributed by atoms with Crippen LogP contribution in [0.4, 0.5) is 5.69 Å². The van der Waals surface area contributed by atoms with Gasteiger partial charge in [-0.2, -0.15) is 0 Å². The van der Waals surface area contributed by atoms with Crippen LogP contribution in [0.15, 0.2) is 29.2 Å². The molecule has 120 valence electrons. The van der Waals surface area contributed by atoms with Crippen molar-refractivity contribution in [3.63, 3.8) is 0 Å². The molecule has 0 saturated heterocycles. The SMILES string of the molecule is CCCS(=O)(=O)c1ccccc1NCC(Cl)C(CC)CC.